The molecule has 1 aliphatic rings. The van der Waals surface area contributed by atoms with E-state index in [2.05, 4.69) is 4.98 Å². The fraction of sp³-hybridized carbons (Fsp3) is 0.400. The van der Waals surface area contributed by atoms with E-state index in [1.807, 2.05) is 30.3 Å². The van der Waals surface area contributed by atoms with Gasteiger partial charge < -0.3 is 19.3 Å². The van der Waals surface area contributed by atoms with E-state index in [-0.39, 0.29) is 30.1 Å². The molecule has 1 saturated heterocycles. The first kappa shape index (κ1) is 19.6. The molecule has 0 spiro atoms. The van der Waals surface area contributed by atoms with Gasteiger partial charge in [-0.1, -0.05) is 18.2 Å². The van der Waals surface area contributed by atoms with E-state index in [4.69, 9.17) is 9.52 Å². The van der Waals surface area contributed by atoms with Crippen molar-refractivity contribution in [2.75, 3.05) is 19.6 Å². The maximum Gasteiger partial charge on any atom is 0.323 e. The molecule has 148 valence electrons. The van der Waals surface area contributed by atoms with Gasteiger partial charge in [-0.2, -0.15) is 0 Å². The molecule has 0 radical (unpaired) electrons. The molecule has 2 amide bonds. The Morgan fingerprint density at radius 2 is 1.96 bits per heavy atom. The van der Waals surface area contributed by atoms with Crippen LogP contribution in [-0.4, -0.2) is 63.4 Å². The highest BCUT2D eigenvalue weighted by atomic mass is 16.4. The molecular formula is C20H23N3O5. The zero-order valence-corrected chi connectivity index (χ0v) is 15.7. The Kier molecular flexibility index (Phi) is 6.08. The Labute approximate surface area is 162 Å². The van der Waals surface area contributed by atoms with Crippen molar-refractivity contribution >= 4 is 17.8 Å². The van der Waals surface area contributed by atoms with Crippen LogP contribution in [0.2, 0.25) is 0 Å². The Hall–Kier alpha value is -3.16. The first-order valence-corrected chi connectivity index (χ1v) is 9.25. The van der Waals surface area contributed by atoms with Gasteiger partial charge in [0.15, 0.2) is 5.69 Å². The highest BCUT2D eigenvalue weighted by Crippen LogP contribution is 2.21. The number of benzene rings is 1. The Bertz CT molecular complexity index is 849. The number of carboxylic acid groups (broad SMARTS) is 1. The second-order valence-corrected chi connectivity index (χ2v) is 6.82. The molecule has 1 atom stereocenters. The number of carbonyl (C=O) groups is 3. The molecule has 0 saturated carbocycles. The lowest BCUT2D eigenvalue weighted by Crippen LogP contribution is -2.43. The van der Waals surface area contributed by atoms with Crippen molar-refractivity contribution in [3.05, 3.63) is 42.3 Å². The molecule has 8 nitrogen and oxygen atoms in total. The van der Waals surface area contributed by atoms with Gasteiger partial charge in [-0.15, -0.1) is 0 Å². The second kappa shape index (κ2) is 8.69. The summed E-state index contributed by atoms with van der Waals surface area (Å²) in [6.07, 6.45) is 3.23. The molecule has 2 heterocycles. The summed E-state index contributed by atoms with van der Waals surface area (Å²) in [4.78, 5) is 43.1. The summed E-state index contributed by atoms with van der Waals surface area (Å²) in [5, 5.41) is 9.04. The van der Waals surface area contributed by atoms with Crippen LogP contribution in [0.3, 0.4) is 0 Å². The first-order valence-electron chi connectivity index (χ1n) is 9.25. The van der Waals surface area contributed by atoms with Crippen molar-refractivity contribution in [1.82, 2.24) is 14.8 Å². The molecule has 1 fully saturated rings. The third-order valence-electron chi connectivity index (χ3n) is 4.88. The minimum Gasteiger partial charge on any atom is -0.480 e. The van der Waals surface area contributed by atoms with E-state index >= 15 is 0 Å². The molecule has 8 heteroatoms. The second-order valence-electron chi connectivity index (χ2n) is 6.82. The largest absolute Gasteiger partial charge is 0.480 e. The lowest BCUT2D eigenvalue weighted by Gasteiger charge is -2.28. The van der Waals surface area contributed by atoms with Gasteiger partial charge in [0.05, 0.1) is 0 Å². The van der Waals surface area contributed by atoms with Crippen molar-refractivity contribution in [2.45, 2.75) is 32.2 Å². The Balaban J connectivity index is 1.67. The summed E-state index contributed by atoms with van der Waals surface area (Å²) >= 11 is 0. The van der Waals surface area contributed by atoms with E-state index in [0.717, 1.165) is 5.56 Å². The fourth-order valence-electron chi connectivity index (χ4n) is 3.48. The third-order valence-corrected chi connectivity index (χ3v) is 4.88. The quantitative estimate of drug-likeness (QED) is 0.847. The van der Waals surface area contributed by atoms with Crippen molar-refractivity contribution in [3.63, 3.8) is 0 Å². The average Bonchev–Trinajstić information content (AvgIpc) is 3.05. The van der Waals surface area contributed by atoms with E-state index in [1.165, 1.54) is 18.1 Å². The monoisotopic (exact) mass is 385 g/mol. The zero-order valence-electron chi connectivity index (χ0n) is 15.7. The predicted octanol–water partition coefficient (Wildman–Crippen LogP) is 2.27. The van der Waals surface area contributed by atoms with Crippen LogP contribution < -0.4 is 0 Å². The van der Waals surface area contributed by atoms with Gasteiger partial charge in [-0.3, -0.25) is 14.4 Å². The maximum absolute atomic E-state index is 12.8. The number of aliphatic carboxylic acids is 1. The van der Waals surface area contributed by atoms with Gasteiger partial charge in [-0.25, -0.2) is 4.98 Å². The highest BCUT2D eigenvalue weighted by molar-refractivity contribution is 5.92. The summed E-state index contributed by atoms with van der Waals surface area (Å²) in [6, 6.07) is 9.15. The molecule has 1 unspecified atom stereocenters. The van der Waals surface area contributed by atoms with Crippen LogP contribution in [0.25, 0.3) is 11.5 Å². The predicted molar refractivity (Wildman–Crippen MR) is 101 cm³/mol. The van der Waals surface area contributed by atoms with E-state index in [1.54, 1.807) is 4.90 Å². The first-order chi connectivity index (χ1) is 13.5. The van der Waals surface area contributed by atoms with E-state index < -0.39 is 5.97 Å². The summed E-state index contributed by atoms with van der Waals surface area (Å²) in [7, 11) is 0. The highest BCUT2D eigenvalue weighted by Gasteiger charge is 2.28. The van der Waals surface area contributed by atoms with Crippen LogP contribution >= 0.6 is 0 Å². The van der Waals surface area contributed by atoms with Crippen molar-refractivity contribution in [2.24, 2.45) is 0 Å². The maximum atomic E-state index is 12.8. The van der Waals surface area contributed by atoms with Crippen LogP contribution in [0.15, 0.2) is 41.0 Å². The van der Waals surface area contributed by atoms with Gasteiger partial charge in [0.1, 0.15) is 12.8 Å². The van der Waals surface area contributed by atoms with Gasteiger partial charge in [0, 0.05) is 31.6 Å². The molecule has 3 rings (SSSR count). The number of amides is 2. The number of carboxylic acids is 1. The van der Waals surface area contributed by atoms with Crippen LogP contribution in [-0.2, 0) is 9.59 Å². The van der Waals surface area contributed by atoms with Crippen LogP contribution in [0, 0.1) is 0 Å². The number of hydrogen-bond acceptors (Lipinski definition) is 5. The molecule has 2 aromatic rings. The lowest BCUT2D eigenvalue weighted by atomic mass is 10.1. The minimum atomic E-state index is -1.04. The fourth-order valence-corrected chi connectivity index (χ4v) is 3.48. The molecule has 1 aromatic carbocycles. The number of hydrogen-bond donors (Lipinski definition) is 1. The topological polar surface area (TPSA) is 104 Å². The summed E-state index contributed by atoms with van der Waals surface area (Å²) < 4.78 is 5.45. The van der Waals surface area contributed by atoms with Crippen LogP contribution in [0.5, 0.6) is 0 Å². The summed E-state index contributed by atoms with van der Waals surface area (Å²) in [5.41, 5.74) is 1.04. The van der Waals surface area contributed by atoms with Gasteiger partial charge >= 0.3 is 5.97 Å². The molecule has 1 aromatic heterocycles. The van der Waals surface area contributed by atoms with Crippen LogP contribution in [0.4, 0.5) is 0 Å². The van der Waals surface area contributed by atoms with Gasteiger partial charge in [0.2, 0.25) is 11.8 Å². The van der Waals surface area contributed by atoms with E-state index in [9.17, 15) is 14.4 Å². The number of nitrogens with zero attached hydrogens (tertiary/aromatic N) is 3. The SMILES string of the molecule is CC(=O)N(CC(=O)O)C1CCCN(C(=O)c2coc(-c3ccccc3)n2)CC1. The Morgan fingerprint density at radius 1 is 1.21 bits per heavy atom. The number of carbonyl (C=O) groups excluding carboxylic acids is 2. The Morgan fingerprint density at radius 3 is 2.64 bits per heavy atom. The van der Waals surface area contributed by atoms with Crippen LogP contribution in [0.1, 0.15) is 36.7 Å². The van der Waals surface area contributed by atoms with E-state index in [0.29, 0.717) is 38.2 Å². The van der Waals surface area contributed by atoms with Crippen molar-refractivity contribution in [1.29, 1.82) is 0 Å². The van der Waals surface area contributed by atoms with Gasteiger partial charge in [-0.05, 0) is 31.4 Å². The molecule has 1 N–H and O–H groups in total. The van der Waals surface area contributed by atoms with Crippen molar-refractivity contribution < 1.29 is 23.9 Å². The average molecular weight is 385 g/mol. The van der Waals surface area contributed by atoms with Gasteiger partial charge in [0.25, 0.3) is 5.91 Å². The molecule has 28 heavy (non-hydrogen) atoms. The molecule has 1 aliphatic heterocycles. The number of aromatic nitrogens is 1. The smallest absolute Gasteiger partial charge is 0.323 e. The summed E-state index contributed by atoms with van der Waals surface area (Å²) in [5.74, 6) is -1.14. The lowest BCUT2D eigenvalue weighted by molar-refractivity contribution is -0.145. The normalized spacial score (nSPS) is 17.0. The molecule has 0 aliphatic carbocycles. The summed E-state index contributed by atoms with van der Waals surface area (Å²) in [6.45, 7) is 2.01. The number of likely N-dealkylation sites (tertiary alicyclic amines) is 1. The standard InChI is InChI=1S/C20H23N3O5/c1-14(24)23(12-18(25)26)16-8-5-10-22(11-9-16)20(27)17-13-28-19(21-17)15-6-3-2-4-7-15/h2-4,6-7,13,16H,5,8-12H2,1H3,(H,25,26). The zero-order chi connectivity index (χ0) is 20.1. The number of rotatable bonds is 5. The molecular weight excluding hydrogens is 362 g/mol. The number of oxazole rings is 1. The minimum absolute atomic E-state index is 0.191. The molecule has 0 bridgehead atoms. The van der Waals surface area contributed by atoms with Crippen molar-refractivity contribution in [3.8, 4) is 11.5 Å². The third kappa shape index (κ3) is 4.57.